The summed E-state index contributed by atoms with van der Waals surface area (Å²) >= 11 is 0. The van der Waals surface area contributed by atoms with Gasteiger partial charge in [0, 0.05) is 32.0 Å². The molecule has 2 heterocycles. The minimum atomic E-state index is -0.185. The highest BCUT2D eigenvalue weighted by atomic mass is 35.5. The summed E-state index contributed by atoms with van der Waals surface area (Å²) in [6, 6.07) is 10.2. The number of aromatic nitrogens is 1. The molecule has 0 aliphatic carbocycles. The molecule has 0 saturated heterocycles. The smallest absolute Gasteiger partial charge is 0.227 e. The molecule has 1 aromatic carbocycles. The average molecular weight is 354 g/mol. The van der Waals surface area contributed by atoms with Gasteiger partial charge in [-0.3, -0.25) is 9.78 Å². The van der Waals surface area contributed by atoms with E-state index < -0.39 is 0 Å². The van der Waals surface area contributed by atoms with E-state index in [1.807, 2.05) is 19.1 Å². The van der Waals surface area contributed by atoms with Crippen LogP contribution in [0.4, 0.5) is 0 Å². The number of pyridine rings is 1. The lowest BCUT2D eigenvalue weighted by Gasteiger charge is -2.12. The monoisotopic (exact) mass is 353 g/mol. The highest BCUT2D eigenvalue weighted by molar-refractivity contribution is 5.85. The molecule has 2 N–H and O–H groups in total. The third kappa shape index (κ3) is 4.67. The molecular formula is C17H21Cl2N3O. The van der Waals surface area contributed by atoms with Gasteiger partial charge in [-0.25, -0.2) is 0 Å². The van der Waals surface area contributed by atoms with Gasteiger partial charge in [-0.2, -0.15) is 0 Å². The number of benzene rings is 1. The summed E-state index contributed by atoms with van der Waals surface area (Å²) in [7, 11) is 0. The Balaban J connectivity index is 0.00000132. The Kier molecular flexibility index (Phi) is 7.49. The van der Waals surface area contributed by atoms with Crippen molar-refractivity contribution in [1.29, 1.82) is 0 Å². The van der Waals surface area contributed by atoms with Crippen LogP contribution >= 0.6 is 24.8 Å². The molecule has 3 rings (SSSR count). The van der Waals surface area contributed by atoms with E-state index in [0.717, 1.165) is 24.2 Å². The van der Waals surface area contributed by atoms with Crippen molar-refractivity contribution < 1.29 is 4.79 Å². The number of hydrogen-bond acceptors (Lipinski definition) is 3. The van der Waals surface area contributed by atoms with E-state index in [9.17, 15) is 4.79 Å². The number of rotatable bonds is 4. The lowest BCUT2D eigenvalue weighted by atomic mass is 10.0. The first-order valence-electron chi connectivity index (χ1n) is 7.23. The predicted octanol–water partition coefficient (Wildman–Crippen LogP) is 2.95. The molecule has 23 heavy (non-hydrogen) atoms. The molecule has 1 amide bonds. The van der Waals surface area contributed by atoms with E-state index in [1.54, 1.807) is 12.4 Å². The van der Waals surface area contributed by atoms with Gasteiger partial charge in [0.2, 0.25) is 5.91 Å². The third-order valence-electron chi connectivity index (χ3n) is 3.95. The highest BCUT2D eigenvalue weighted by Crippen LogP contribution is 2.17. The second-order valence-electron chi connectivity index (χ2n) is 5.43. The van der Waals surface area contributed by atoms with Crippen LogP contribution in [0.5, 0.6) is 0 Å². The Morgan fingerprint density at radius 3 is 2.78 bits per heavy atom. The summed E-state index contributed by atoms with van der Waals surface area (Å²) < 4.78 is 0. The molecule has 6 heteroatoms. The van der Waals surface area contributed by atoms with Crippen LogP contribution in [0.15, 0.2) is 42.7 Å². The van der Waals surface area contributed by atoms with Gasteiger partial charge in [-0.15, -0.1) is 24.8 Å². The van der Waals surface area contributed by atoms with Crippen LogP contribution in [-0.4, -0.2) is 10.9 Å². The van der Waals surface area contributed by atoms with Crippen molar-refractivity contribution in [1.82, 2.24) is 15.6 Å². The Bertz CT molecular complexity index is 650. The SMILES string of the molecule is CC(C(=O)NCc1ccc2c(c1)CNC2)c1cccnc1.Cl.Cl. The lowest BCUT2D eigenvalue weighted by Crippen LogP contribution is -2.27. The summed E-state index contributed by atoms with van der Waals surface area (Å²) in [6.45, 7) is 4.33. The van der Waals surface area contributed by atoms with Crippen molar-refractivity contribution in [2.24, 2.45) is 0 Å². The Hall–Kier alpha value is -1.62. The number of carbonyl (C=O) groups is 1. The van der Waals surface area contributed by atoms with Gasteiger partial charge < -0.3 is 10.6 Å². The maximum atomic E-state index is 12.2. The number of carbonyl (C=O) groups excluding carboxylic acids is 1. The first-order chi connectivity index (χ1) is 10.2. The number of hydrogen-bond donors (Lipinski definition) is 2. The van der Waals surface area contributed by atoms with Gasteiger partial charge in [-0.05, 0) is 35.2 Å². The molecule has 4 nitrogen and oxygen atoms in total. The molecule has 0 radical (unpaired) electrons. The average Bonchev–Trinajstić information content (AvgIpc) is 3.00. The zero-order valence-electron chi connectivity index (χ0n) is 12.9. The quantitative estimate of drug-likeness (QED) is 0.888. The summed E-state index contributed by atoms with van der Waals surface area (Å²) in [5.74, 6) is -0.156. The van der Waals surface area contributed by atoms with Crippen molar-refractivity contribution in [3.8, 4) is 0 Å². The van der Waals surface area contributed by atoms with E-state index in [2.05, 4.69) is 33.8 Å². The number of nitrogens with zero attached hydrogens (tertiary/aromatic N) is 1. The number of halogens is 2. The van der Waals surface area contributed by atoms with E-state index in [1.165, 1.54) is 11.1 Å². The molecule has 0 spiro atoms. The van der Waals surface area contributed by atoms with Crippen molar-refractivity contribution in [2.45, 2.75) is 32.5 Å². The van der Waals surface area contributed by atoms with Gasteiger partial charge in [0.1, 0.15) is 0 Å². The van der Waals surface area contributed by atoms with E-state index >= 15 is 0 Å². The Labute approximate surface area is 148 Å². The standard InChI is InChI=1S/C17H19N3O.2ClH/c1-12(14-3-2-6-18-9-14)17(21)20-8-13-4-5-15-10-19-11-16(15)7-13;;/h2-7,9,12,19H,8,10-11H2,1H3,(H,20,21);2*1H. The Morgan fingerprint density at radius 2 is 2.04 bits per heavy atom. The van der Waals surface area contributed by atoms with Crippen LogP contribution in [0.25, 0.3) is 0 Å². The molecule has 1 aromatic heterocycles. The molecule has 1 aliphatic rings. The second kappa shape index (κ2) is 8.87. The zero-order valence-corrected chi connectivity index (χ0v) is 14.5. The van der Waals surface area contributed by atoms with Crippen molar-refractivity contribution >= 4 is 30.7 Å². The molecule has 2 aromatic rings. The molecule has 1 unspecified atom stereocenters. The largest absolute Gasteiger partial charge is 0.352 e. The summed E-state index contributed by atoms with van der Waals surface area (Å²) in [4.78, 5) is 16.3. The van der Waals surface area contributed by atoms with Gasteiger partial charge in [0.25, 0.3) is 0 Å². The van der Waals surface area contributed by atoms with Crippen molar-refractivity contribution in [2.75, 3.05) is 0 Å². The third-order valence-corrected chi connectivity index (χ3v) is 3.95. The first-order valence-corrected chi connectivity index (χ1v) is 7.23. The molecule has 1 aliphatic heterocycles. The fraction of sp³-hybridized carbons (Fsp3) is 0.294. The first kappa shape index (κ1) is 19.4. The number of fused-ring (bicyclic) bond motifs is 1. The summed E-state index contributed by atoms with van der Waals surface area (Å²) in [5, 5.41) is 6.33. The highest BCUT2D eigenvalue weighted by Gasteiger charge is 2.15. The predicted molar refractivity (Wildman–Crippen MR) is 96.0 cm³/mol. The maximum Gasteiger partial charge on any atom is 0.227 e. The van der Waals surface area contributed by atoms with Gasteiger partial charge in [0.15, 0.2) is 0 Å². The van der Waals surface area contributed by atoms with E-state index in [-0.39, 0.29) is 36.6 Å². The minimum absolute atomic E-state index is 0. The van der Waals surface area contributed by atoms with Gasteiger partial charge in [0.05, 0.1) is 5.92 Å². The minimum Gasteiger partial charge on any atom is -0.352 e. The van der Waals surface area contributed by atoms with Crippen LogP contribution in [0.1, 0.15) is 35.1 Å². The lowest BCUT2D eigenvalue weighted by molar-refractivity contribution is -0.122. The van der Waals surface area contributed by atoms with Gasteiger partial charge in [-0.1, -0.05) is 24.3 Å². The van der Waals surface area contributed by atoms with Crippen LogP contribution in [0.2, 0.25) is 0 Å². The van der Waals surface area contributed by atoms with Crippen LogP contribution in [-0.2, 0) is 24.4 Å². The fourth-order valence-electron chi connectivity index (χ4n) is 2.58. The van der Waals surface area contributed by atoms with Crippen LogP contribution in [0, 0.1) is 0 Å². The van der Waals surface area contributed by atoms with Crippen LogP contribution in [0.3, 0.4) is 0 Å². The summed E-state index contributed by atoms with van der Waals surface area (Å²) in [6.07, 6.45) is 3.46. The van der Waals surface area contributed by atoms with Crippen LogP contribution < -0.4 is 10.6 Å². The number of nitrogens with one attached hydrogen (secondary N) is 2. The van der Waals surface area contributed by atoms with Gasteiger partial charge >= 0.3 is 0 Å². The van der Waals surface area contributed by atoms with E-state index in [4.69, 9.17) is 0 Å². The normalized spacial score (nSPS) is 13.3. The molecule has 0 fully saturated rings. The Morgan fingerprint density at radius 1 is 1.26 bits per heavy atom. The maximum absolute atomic E-state index is 12.2. The molecule has 1 atom stereocenters. The second-order valence-corrected chi connectivity index (χ2v) is 5.43. The number of amides is 1. The molecular weight excluding hydrogens is 333 g/mol. The molecule has 0 saturated carbocycles. The zero-order chi connectivity index (χ0) is 14.7. The van der Waals surface area contributed by atoms with Crippen molar-refractivity contribution in [3.63, 3.8) is 0 Å². The summed E-state index contributed by atoms with van der Waals surface area (Å²) in [5.41, 5.74) is 4.77. The molecule has 0 bridgehead atoms. The van der Waals surface area contributed by atoms with Crippen molar-refractivity contribution in [3.05, 3.63) is 65.0 Å². The molecule has 124 valence electrons. The van der Waals surface area contributed by atoms with E-state index in [0.29, 0.717) is 6.54 Å². The fourth-order valence-corrected chi connectivity index (χ4v) is 2.58. The topological polar surface area (TPSA) is 54.0 Å².